The minimum atomic E-state index is -0.297. The van der Waals surface area contributed by atoms with Crippen LogP contribution in [0, 0.1) is 0 Å². The molecule has 0 heterocycles. The Morgan fingerprint density at radius 2 is 2.11 bits per heavy atom. The number of rotatable bonds is 2. The number of imide groups is 1. The summed E-state index contributed by atoms with van der Waals surface area (Å²) in [6.07, 6.45) is 1.81. The summed E-state index contributed by atoms with van der Waals surface area (Å²) in [5.41, 5.74) is 0. The Labute approximate surface area is 58.2 Å². The molecule has 0 aromatic carbocycles. The van der Waals surface area contributed by atoms with Crippen LogP contribution < -0.4 is 5.32 Å². The van der Waals surface area contributed by atoms with Crippen molar-refractivity contribution in [3.8, 4) is 0 Å². The van der Waals surface area contributed by atoms with E-state index in [1.54, 1.807) is 6.26 Å². The van der Waals surface area contributed by atoms with Gasteiger partial charge in [0.2, 0.25) is 11.8 Å². The SMILES string of the molecule is CSCC(=O)NC(C)=O. The molecule has 52 valence electrons. The zero-order valence-corrected chi connectivity index (χ0v) is 6.25. The van der Waals surface area contributed by atoms with Crippen LogP contribution in [0.2, 0.25) is 0 Å². The molecule has 0 radical (unpaired) electrons. The van der Waals surface area contributed by atoms with Crippen molar-refractivity contribution in [2.45, 2.75) is 6.92 Å². The topological polar surface area (TPSA) is 46.2 Å². The van der Waals surface area contributed by atoms with Gasteiger partial charge in [0.05, 0.1) is 5.75 Å². The van der Waals surface area contributed by atoms with Gasteiger partial charge in [0, 0.05) is 6.92 Å². The van der Waals surface area contributed by atoms with Gasteiger partial charge in [-0.2, -0.15) is 11.8 Å². The Hall–Kier alpha value is -0.510. The van der Waals surface area contributed by atoms with Gasteiger partial charge in [-0.25, -0.2) is 0 Å². The van der Waals surface area contributed by atoms with E-state index in [0.717, 1.165) is 0 Å². The monoisotopic (exact) mass is 147 g/mol. The molecule has 4 heteroatoms. The maximum atomic E-state index is 10.5. The highest BCUT2D eigenvalue weighted by Crippen LogP contribution is 1.88. The van der Waals surface area contributed by atoms with Crippen LogP contribution >= 0.6 is 11.8 Å². The maximum absolute atomic E-state index is 10.5. The Kier molecular flexibility index (Phi) is 4.13. The predicted molar refractivity (Wildman–Crippen MR) is 37.2 cm³/mol. The molecule has 0 fully saturated rings. The third-order valence-electron chi connectivity index (χ3n) is 0.591. The molecule has 0 saturated carbocycles. The van der Waals surface area contributed by atoms with Gasteiger partial charge in [-0.3, -0.25) is 14.9 Å². The summed E-state index contributed by atoms with van der Waals surface area (Å²) in [5, 5.41) is 2.14. The fourth-order valence-corrected chi connectivity index (χ4v) is 0.698. The van der Waals surface area contributed by atoms with Crippen LogP contribution in [0.4, 0.5) is 0 Å². The van der Waals surface area contributed by atoms with Crippen molar-refractivity contribution in [1.29, 1.82) is 0 Å². The van der Waals surface area contributed by atoms with E-state index in [1.807, 2.05) is 0 Å². The summed E-state index contributed by atoms with van der Waals surface area (Å²) in [6, 6.07) is 0. The van der Waals surface area contributed by atoms with Crippen LogP contribution in [0.5, 0.6) is 0 Å². The lowest BCUT2D eigenvalue weighted by Gasteiger charge is -1.95. The Bertz CT molecular complexity index is 124. The molecule has 3 nitrogen and oxygen atoms in total. The molecular formula is C5H9NO2S. The number of hydrogen-bond donors (Lipinski definition) is 1. The molecule has 0 atom stereocenters. The van der Waals surface area contributed by atoms with E-state index < -0.39 is 0 Å². The number of carbonyl (C=O) groups is 2. The van der Waals surface area contributed by atoms with Crippen LogP contribution in [0.1, 0.15) is 6.92 Å². The van der Waals surface area contributed by atoms with E-state index in [0.29, 0.717) is 5.75 Å². The van der Waals surface area contributed by atoms with Crippen molar-refractivity contribution < 1.29 is 9.59 Å². The van der Waals surface area contributed by atoms with E-state index in [1.165, 1.54) is 18.7 Å². The normalized spacial score (nSPS) is 8.67. The number of thioether (sulfide) groups is 1. The average Bonchev–Trinajstić information content (AvgIpc) is 1.63. The lowest BCUT2D eigenvalue weighted by Crippen LogP contribution is -2.29. The standard InChI is InChI=1S/C5H9NO2S/c1-4(7)6-5(8)3-9-2/h3H2,1-2H3,(H,6,7,8). The maximum Gasteiger partial charge on any atom is 0.236 e. The molecule has 0 spiro atoms. The molecule has 0 aliphatic carbocycles. The predicted octanol–water partition coefficient (Wildman–Crippen LogP) is 0.0121. The molecule has 0 saturated heterocycles. The van der Waals surface area contributed by atoms with E-state index >= 15 is 0 Å². The van der Waals surface area contributed by atoms with Crippen LogP contribution in [0.3, 0.4) is 0 Å². The number of carbonyl (C=O) groups excluding carboxylic acids is 2. The summed E-state index contributed by atoms with van der Waals surface area (Å²) in [5.74, 6) is -0.177. The van der Waals surface area contributed by atoms with Gasteiger partial charge in [0.1, 0.15) is 0 Å². The number of amides is 2. The molecule has 0 aromatic rings. The molecule has 0 aliphatic heterocycles. The molecule has 0 aliphatic rings. The van der Waals surface area contributed by atoms with Gasteiger partial charge in [0.15, 0.2) is 0 Å². The number of nitrogens with one attached hydrogen (secondary N) is 1. The molecular weight excluding hydrogens is 138 g/mol. The summed E-state index contributed by atoms with van der Waals surface area (Å²) in [4.78, 5) is 20.7. The molecule has 0 aromatic heterocycles. The third-order valence-corrected chi connectivity index (χ3v) is 1.14. The molecule has 1 N–H and O–H groups in total. The Balaban J connectivity index is 3.39. The van der Waals surface area contributed by atoms with E-state index in [4.69, 9.17) is 0 Å². The van der Waals surface area contributed by atoms with Crippen molar-refractivity contribution in [1.82, 2.24) is 5.32 Å². The van der Waals surface area contributed by atoms with E-state index in [2.05, 4.69) is 5.32 Å². The molecule has 0 bridgehead atoms. The van der Waals surface area contributed by atoms with Crippen LogP contribution in [0.15, 0.2) is 0 Å². The average molecular weight is 147 g/mol. The highest BCUT2D eigenvalue weighted by Gasteiger charge is 1.99. The highest BCUT2D eigenvalue weighted by atomic mass is 32.2. The molecule has 9 heavy (non-hydrogen) atoms. The van der Waals surface area contributed by atoms with Crippen LogP contribution in [0.25, 0.3) is 0 Å². The summed E-state index contributed by atoms with van der Waals surface area (Å²) >= 11 is 1.39. The zero-order chi connectivity index (χ0) is 7.28. The van der Waals surface area contributed by atoms with E-state index in [-0.39, 0.29) is 11.8 Å². The summed E-state index contributed by atoms with van der Waals surface area (Å²) < 4.78 is 0. The zero-order valence-electron chi connectivity index (χ0n) is 5.43. The smallest absolute Gasteiger partial charge is 0.236 e. The lowest BCUT2D eigenvalue weighted by atomic mass is 10.6. The summed E-state index contributed by atoms with van der Waals surface area (Å²) in [7, 11) is 0. The largest absolute Gasteiger partial charge is 0.296 e. The van der Waals surface area contributed by atoms with Gasteiger partial charge < -0.3 is 0 Å². The second-order valence-corrected chi connectivity index (χ2v) is 2.40. The third kappa shape index (κ3) is 5.36. The van der Waals surface area contributed by atoms with Crippen molar-refractivity contribution in [2.24, 2.45) is 0 Å². The Morgan fingerprint density at radius 3 is 2.44 bits per heavy atom. The molecule has 0 unspecified atom stereocenters. The molecule has 0 rings (SSSR count). The lowest BCUT2D eigenvalue weighted by molar-refractivity contribution is -0.127. The van der Waals surface area contributed by atoms with Crippen molar-refractivity contribution in [2.75, 3.05) is 12.0 Å². The molecule has 2 amide bonds. The fourth-order valence-electron chi connectivity index (χ4n) is 0.364. The van der Waals surface area contributed by atoms with E-state index in [9.17, 15) is 9.59 Å². The van der Waals surface area contributed by atoms with Gasteiger partial charge >= 0.3 is 0 Å². The first kappa shape index (κ1) is 8.49. The quantitative estimate of drug-likeness (QED) is 0.598. The van der Waals surface area contributed by atoms with Gasteiger partial charge in [-0.05, 0) is 6.26 Å². The number of hydrogen-bond acceptors (Lipinski definition) is 3. The van der Waals surface area contributed by atoms with Crippen molar-refractivity contribution in [3.05, 3.63) is 0 Å². The Morgan fingerprint density at radius 1 is 1.56 bits per heavy atom. The minimum Gasteiger partial charge on any atom is -0.296 e. The van der Waals surface area contributed by atoms with Gasteiger partial charge in [0.25, 0.3) is 0 Å². The summed E-state index contributed by atoms with van der Waals surface area (Å²) in [6.45, 7) is 1.32. The first-order chi connectivity index (χ1) is 4.16. The second-order valence-electron chi connectivity index (χ2n) is 1.54. The second kappa shape index (κ2) is 4.38. The van der Waals surface area contributed by atoms with Crippen LogP contribution in [-0.4, -0.2) is 23.8 Å². The fraction of sp³-hybridized carbons (Fsp3) is 0.600. The van der Waals surface area contributed by atoms with Crippen molar-refractivity contribution >= 4 is 23.6 Å². The van der Waals surface area contributed by atoms with Crippen molar-refractivity contribution in [3.63, 3.8) is 0 Å². The van der Waals surface area contributed by atoms with Gasteiger partial charge in [-0.15, -0.1) is 0 Å². The minimum absolute atomic E-state index is 0.227. The first-order valence-electron chi connectivity index (χ1n) is 2.46. The van der Waals surface area contributed by atoms with Crippen LogP contribution in [-0.2, 0) is 9.59 Å². The highest BCUT2D eigenvalue weighted by molar-refractivity contribution is 7.99. The first-order valence-corrected chi connectivity index (χ1v) is 3.85. The van der Waals surface area contributed by atoms with Gasteiger partial charge in [-0.1, -0.05) is 0 Å².